The Morgan fingerprint density at radius 1 is 1.44 bits per heavy atom. The Kier molecular flexibility index (Phi) is 3.68. The van der Waals surface area contributed by atoms with Crippen molar-refractivity contribution in [2.75, 3.05) is 13.1 Å². The molecule has 100 valence electrons. The van der Waals surface area contributed by atoms with Crippen LogP contribution in [0.4, 0.5) is 0 Å². The van der Waals surface area contributed by atoms with E-state index >= 15 is 0 Å². The molecule has 2 nitrogen and oxygen atoms in total. The molecule has 2 aliphatic rings. The van der Waals surface area contributed by atoms with Crippen molar-refractivity contribution >= 4 is 22.9 Å². The van der Waals surface area contributed by atoms with E-state index in [0.29, 0.717) is 11.6 Å². The van der Waals surface area contributed by atoms with Crippen LogP contribution in [0.1, 0.15) is 37.5 Å². The summed E-state index contributed by atoms with van der Waals surface area (Å²) in [6.07, 6.45) is 5.48. The third kappa shape index (κ3) is 2.60. The second-order valence-electron chi connectivity index (χ2n) is 5.83. The van der Waals surface area contributed by atoms with Gasteiger partial charge in [0.05, 0.1) is 4.34 Å². The molecule has 1 N–H and O–H groups in total. The average Bonchev–Trinajstić information content (AvgIpc) is 2.95. The monoisotopic (exact) mass is 284 g/mol. The molecule has 2 fully saturated rings. The summed E-state index contributed by atoms with van der Waals surface area (Å²) in [6, 6.07) is 4.81. The molecule has 0 bridgehead atoms. The summed E-state index contributed by atoms with van der Waals surface area (Å²) in [5.74, 6) is 0. The number of nitrogens with zero attached hydrogens (tertiary/aromatic N) is 1. The van der Waals surface area contributed by atoms with Gasteiger partial charge >= 0.3 is 0 Å². The standard InChI is InChI=1S/C14H21ClN2S/c1-11-8-16-14(6-2-3-7-14)10-17(11)9-12-4-5-13(15)18-12/h4-5,11,16H,2-3,6-10H2,1H3. The highest BCUT2D eigenvalue weighted by Crippen LogP contribution is 2.34. The van der Waals surface area contributed by atoms with Gasteiger partial charge in [0.15, 0.2) is 0 Å². The molecule has 4 heteroatoms. The first kappa shape index (κ1) is 12.9. The van der Waals surface area contributed by atoms with Crippen molar-refractivity contribution in [3.63, 3.8) is 0 Å². The summed E-state index contributed by atoms with van der Waals surface area (Å²) in [5, 5.41) is 3.80. The predicted molar refractivity (Wildman–Crippen MR) is 78.4 cm³/mol. The zero-order valence-corrected chi connectivity index (χ0v) is 12.5. The van der Waals surface area contributed by atoms with E-state index in [4.69, 9.17) is 11.6 Å². The molecule has 0 aromatic carbocycles. The van der Waals surface area contributed by atoms with Gasteiger partial charge in [-0.2, -0.15) is 0 Å². The van der Waals surface area contributed by atoms with Crippen LogP contribution in [0.3, 0.4) is 0 Å². The number of halogens is 1. The topological polar surface area (TPSA) is 15.3 Å². The quantitative estimate of drug-likeness (QED) is 0.894. The number of thiophene rings is 1. The van der Waals surface area contributed by atoms with E-state index in [-0.39, 0.29) is 0 Å². The predicted octanol–water partition coefficient (Wildman–Crippen LogP) is 3.51. The van der Waals surface area contributed by atoms with Crippen LogP contribution in [-0.4, -0.2) is 29.6 Å². The number of rotatable bonds is 2. The van der Waals surface area contributed by atoms with Crippen molar-refractivity contribution in [1.82, 2.24) is 10.2 Å². The Balaban J connectivity index is 1.69. The fourth-order valence-electron chi connectivity index (χ4n) is 3.33. The molecular formula is C14H21ClN2S. The van der Waals surface area contributed by atoms with Gasteiger partial charge in [0.2, 0.25) is 0 Å². The molecule has 3 rings (SSSR count). The second-order valence-corrected chi connectivity index (χ2v) is 7.63. The van der Waals surface area contributed by atoms with Crippen LogP contribution in [-0.2, 0) is 6.54 Å². The molecule has 18 heavy (non-hydrogen) atoms. The van der Waals surface area contributed by atoms with Crippen LogP contribution < -0.4 is 5.32 Å². The van der Waals surface area contributed by atoms with E-state index in [1.807, 2.05) is 6.07 Å². The third-order valence-electron chi connectivity index (χ3n) is 4.45. The first-order valence-corrected chi connectivity index (χ1v) is 8.10. The molecule has 1 atom stereocenters. The summed E-state index contributed by atoms with van der Waals surface area (Å²) >= 11 is 7.74. The molecule has 1 spiro atoms. The number of nitrogens with one attached hydrogen (secondary N) is 1. The van der Waals surface area contributed by atoms with Gasteiger partial charge in [-0.3, -0.25) is 4.90 Å². The van der Waals surface area contributed by atoms with Crippen molar-refractivity contribution in [3.05, 3.63) is 21.3 Å². The lowest BCUT2D eigenvalue weighted by Gasteiger charge is -2.45. The maximum atomic E-state index is 6.02. The normalized spacial score (nSPS) is 28.0. The Bertz CT molecular complexity index is 412. The third-order valence-corrected chi connectivity index (χ3v) is 5.67. The summed E-state index contributed by atoms with van der Waals surface area (Å²) in [6.45, 7) is 5.70. The molecule has 2 heterocycles. The SMILES string of the molecule is CC1CNC2(CCCC2)CN1Cc1ccc(Cl)s1. The van der Waals surface area contributed by atoms with Gasteiger partial charge in [-0.1, -0.05) is 24.4 Å². The Hall–Kier alpha value is -0.0900. The molecule has 0 amide bonds. The highest BCUT2D eigenvalue weighted by Gasteiger charge is 2.39. The van der Waals surface area contributed by atoms with Crippen molar-refractivity contribution in [2.45, 2.75) is 50.7 Å². The molecule has 0 radical (unpaired) electrons. The highest BCUT2D eigenvalue weighted by atomic mass is 35.5. The van der Waals surface area contributed by atoms with E-state index < -0.39 is 0 Å². The minimum atomic E-state index is 0.410. The minimum Gasteiger partial charge on any atom is -0.308 e. The van der Waals surface area contributed by atoms with Gasteiger partial charge in [-0.25, -0.2) is 0 Å². The second kappa shape index (κ2) is 5.12. The number of piperazine rings is 1. The lowest BCUT2D eigenvalue weighted by Crippen LogP contribution is -2.61. The van der Waals surface area contributed by atoms with E-state index in [2.05, 4.69) is 23.2 Å². The zero-order chi connectivity index (χ0) is 12.6. The fourth-order valence-corrected chi connectivity index (χ4v) is 4.44. The van der Waals surface area contributed by atoms with Gasteiger partial charge in [-0.05, 0) is 31.9 Å². The molecule has 1 unspecified atom stereocenters. The van der Waals surface area contributed by atoms with Crippen molar-refractivity contribution in [3.8, 4) is 0 Å². The van der Waals surface area contributed by atoms with Gasteiger partial charge in [0.1, 0.15) is 0 Å². The lowest BCUT2D eigenvalue weighted by atomic mass is 9.92. The Morgan fingerprint density at radius 2 is 2.22 bits per heavy atom. The fraction of sp³-hybridized carbons (Fsp3) is 0.714. The molecule has 1 aliphatic heterocycles. The van der Waals surface area contributed by atoms with Gasteiger partial charge in [0, 0.05) is 36.1 Å². The van der Waals surface area contributed by atoms with Crippen LogP contribution in [0.2, 0.25) is 4.34 Å². The summed E-state index contributed by atoms with van der Waals surface area (Å²) in [4.78, 5) is 4.02. The first-order valence-electron chi connectivity index (χ1n) is 6.90. The van der Waals surface area contributed by atoms with Gasteiger partial charge in [-0.15, -0.1) is 11.3 Å². The maximum Gasteiger partial charge on any atom is 0.0931 e. The number of hydrogen-bond donors (Lipinski definition) is 1. The van der Waals surface area contributed by atoms with Crippen molar-refractivity contribution in [1.29, 1.82) is 0 Å². The smallest absolute Gasteiger partial charge is 0.0931 e. The molecule has 1 saturated carbocycles. The molecular weight excluding hydrogens is 264 g/mol. The molecule has 1 aromatic heterocycles. The number of hydrogen-bond acceptors (Lipinski definition) is 3. The molecule has 1 aromatic rings. The minimum absolute atomic E-state index is 0.410. The van der Waals surface area contributed by atoms with E-state index in [1.54, 1.807) is 11.3 Å². The summed E-state index contributed by atoms with van der Waals surface area (Å²) < 4.78 is 0.906. The zero-order valence-electron chi connectivity index (χ0n) is 10.9. The maximum absolute atomic E-state index is 6.02. The average molecular weight is 285 g/mol. The van der Waals surface area contributed by atoms with E-state index in [0.717, 1.165) is 17.4 Å². The first-order chi connectivity index (χ1) is 8.67. The summed E-state index contributed by atoms with van der Waals surface area (Å²) in [5.41, 5.74) is 0.410. The van der Waals surface area contributed by atoms with Crippen molar-refractivity contribution < 1.29 is 0 Å². The Morgan fingerprint density at radius 3 is 2.89 bits per heavy atom. The van der Waals surface area contributed by atoms with Crippen LogP contribution in [0.15, 0.2) is 12.1 Å². The molecule has 1 saturated heterocycles. The molecule has 1 aliphatic carbocycles. The lowest BCUT2D eigenvalue weighted by molar-refractivity contribution is 0.0836. The van der Waals surface area contributed by atoms with Crippen LogP contribution in [0, 0.1) is 0 Å². The Labute approximate surface area is 118 Å². The van der Waals surface area contributed by atoms with Gasteiger partial charge in [0.25, 0.3) is 0 Å². The van der Waals surface area contributed by atoms with E-state index in [1.165, 1.54) is 37.1 Å². The van der Waals surface area contributed by atoms with Crippen LogP contribution in [0.5, 0.6) is 0 Å². The van der Waals surface area contributed by atoms with E-state index in [9.17, 15) is 0 Å². The van der Waals surface area contributed by atoms with Crippen LogP contribution >= 0.6 is 22.9 Å². The van der Waals surface area contributed by atoms with Gasteiger partial charge < -0.3 is 5.32 Å². The largest absolute Gasteiger partial charge is 0.308 e. The van der Waals surface area contributed by atoms with Crippen molar-refractivity contribution in [2.24, 2.45) is 0 Å². The van der Waals surface area contributed by atoms with Crippen LogP contribution in [0.25, 0.3) is 0 Å². The summed E-state index contributed by atoms with van der Waals surface area (Å²) in [7, 11) is 0. The highest BCUT2D eigenvalue weighted by molar-refractivity contribution is 7.16.